The predicted molar refractivity (Wildman–Crippen MR) is 107 cm³/mol. The SMILES string of the molecule is CC=C1CN2CCc3c(n(CO)c4ccccc34)C2CC1C(CO)C(=O)OC. The van der Waals surface area contributed by atoms with E-state index in [4.69, 9.17) is 4.74 Å². The van der Waals surface area contributed by atoms with E-state index in [2.05, 4.69) is 23.1 Å². The van der Waals surface area contributed by atoms with Gasteiger partial charge in [-0.3, -0.25) is 9.69 Å². The Morgan fingerprint density at radius 3 is 2.82 bits per heavy atom. The largest absolute Gasteiger partial charge is 0.469 e. The van der Waals surface area contributed by atoms with Crippen LogP contribution in [-0.2, 0) is 22.7 Å². The van der Waals surface area contributed by atoms with Crippen molar-refractivity contribution in [3.63, 3.8) is 0 Å². The summed E-state index contributed by atoms with van der Waals surface area (Å²) < 4.78 is 6.97. The van der Waals surface area contributed by atoms with Crippen molar-refractivity contribution in [2.75, 3.05) is 26.8 Å². The van der Waals surface area contributed by atoms with E-state index in [1.54, 1.807) is 0 Å². The molecule has 2 N–H and O–H groups in total. The number of aromatic nitrogens is 1. The zero-order valence-electron chi connectivity index (χ0n) is 16.5. The minimum atomic E-state index is -0.560. The van der Waals surface area contributed by atoms with Gasteiger partial charge in [-0.2, -0.15) is 0 Å². The molecule has 2 aromatic rings. The van der Waals surface area contributed by atoms with Crippen molar-refractivity contribution in [3.8, 4) is 0 Å². The van der Waals surface area contributed by atoms with Crippen molar-refractivity contribution in [2.24, 2.45) is 11.8 Å². The van der Waals surface area contributed by atoms with Gasteiger partial charge in [-0.1, -0.05) is 29.8 Å². The lowest BCUT2D eigenvalue weighted by atomic mass is 9.75. The topological polar surface area (TPSA) is 74.9 Å². The van der Waals surface area contributed by atoms with E-state index < -0.39 is 5.92 Å². The Labute approximate surface area is 165 Å². The van der Waals surface area contributed by atoms with Crippen molar-refractivity contribution >= 4 is 16.9 Å². The molecular formula is C22H28N2O4. The second-order valence-corrected chi connectivity index (χ2v) is 7.70. The number of allylic oxidation sites excluding steroid dienone is 1. The number of aliphatic hydroxyl groups is 2. The lowest BCUT2D eigenvalue weighted by molar-refractivity contribution is -0.149. The molecule has 1 saturated heterocycles. The maximum absolute atomic E-state index is 12.3. The first kappa shape index (κ1) is 19.2. The van der Waals surface area contributed by atoms with Crippen LogP contribution in [0, 0.1) is 11.8 Å². The van der Waals surface area contributed by atoms with Crippen LogP contribution in [0.5, 0.6) is 0 Å². The Morgan fingerprint density at radius 1 is 1.36 bits per heavy atom. The number of piperidine rings is 1. The van der Waals surface area contributed by atoms with Crippen LogP contribution in [0.15, 0.2) is 35.9 Å². The highest BCUT2D eigenvalue weighted by molar-refractivity contribution is 5.86. The monoisotopic (exact) mass is 384 g/mol. The van der Waals surface area contributed by atoms with Crippen LogP contribution < -0.4 is 0 Å². The molecule has 3 unspecified atom stereocenters. The van der Waals surface area contributed by atoms with Gasteiger partial charge in [0.25, 0.3) is 0 Å². The minimum absolute atomic E-state index is 0.0677. The van der Waals surface area contributed by atoms with E-state index in [1.165, 1.54) is 23.6 Å². The maximum atomic E-state index is 12.3. The zero-order valence-corrected chi connectivity index (χ0v) is 16.5. The van der Waals surface area contributed by atoms with Gasteiger partial charge in [0.1, 0.15) is 6.73 Å². The highest BCUT2D eigenvalue weighted by atomic mass is 16.5. The summed E-state index contributed by atoms with van der Waals surface area (Å²) in [5.74, 6) is -0.991. The van der Waals surface area contributed by atoms with Crippen molar-refractivity contribution in [3.05, 3.63) is 47.2 Å². The van der Waals surface area contributed by atoms with E-state index in [-0.39, 0.29) is 31.3 Å². The molecule has 4 rings (SSSR count). The van der Waals surface area contributed by atoms with E-state index in [0.717, 1.165) is 37.1 Å². The summed E-state index contributed by atoms with van der Waals surface area (Å²) in [5.41, 5.74) is 4.68. The smallest absolute Gasteiger partial charge is 0.311 e. The number of benzene rings is 1. The average molecular weight is 384 g/mol. The van der Waals surface area contributed by atoms with E-state index in [0.29, 0.717) is 0 Å². The molecule has 0 bridgehead atoms. The molecule has 0 radical (unpaired) electrons. The molecule has 3 atom stereocenters. The molecule has 150 valence electrons. The van der Waals surface area contributed by atoms with Crippen LogP contribution >= 0.6 is 0 Å². The fourth-order valence-electron chi connectivity index (χ4n) is 5.21. The molecule has 0 amide bonds. The zero-order chi connectivity index (χ0) is 19.8. The molecule has 1 aromatic carbocycles. The van der Waals surface area contributed by atoms with Gasteiger partial charge in [0.15, 0.2) is 0 Å². The van der Waals surface area contributed by atoms with Gasteiger partial charge in [0, 0.05) is 24.2 Å². The number of nitrogens with zero attached hydrogens (tertiary/aromatic N) is 2. The van der Waals surface area contributed by atoms with E-state index in [9.17, 15) is 15.0 Å². The highest BCUT2D eigenvalue weighted by Crippen LogP contribution is 2.46. The van der Waals surface area contributed by atoms with Gasteiger partial charge >= 0.3 is 5.97 Å². The van der Waals surface area contributed by atoms with Gasteiger partial charge in [0.2, 0.25) is 0 Å². The number of carbonyl (C=O) groups is 1. The molecule has 2 aliphatic rings. The maximum Gasteiger partial charge on any atom is 0.311 e. The van der Waals surface area contributed by atoms with Gasteiger partial charge in [-0.15, -0.1) is 0 Å². The fraction of sp³-hybridized carbons (Fsp3) is 0.500. The van der Waals surface area contributed by atoms with Crippen LogP contribution in [-0.4, -0.2) is 52.5 Å². The van der Waals surface area contributed by atoms with Crippen molar-refractivity contribution in [2.45, 2.75) is 32.5 Å². The van der Waals surface area contributed by atoms with Crippen molar-refractivity contribution < 1.29 is 19.7 Å². The number of carbonyl (C=O) groups excluding carboxylic acids is 1. The molecule has 6 heteroatoms. The number of esters is 1. The third-order valence-electron chi connectivity index (χ3n) is 6.56. The molecule has 28 heavy (non-hydrogen) atoms. The summed E-state index contributed by atoms with van der Waals surface area (Å²) in [6.45, 7) is 3.42. The quantitative estimate of drug-likeness (QED) is 0.625. The number of para-hydroxylation sites is 1. The molecule has 3 heterocycles. The van der Waals surface area contributed by atoms with Gasteiger partial charge in [-0.05, 0) is 37.3 Å². The standard InChI is InChI=1S/C22H28N2O4/c1-3-14-11-23-9-8-16-15-6-4-5-7-19(15)24(13-26)21(16)20(23)10-17(14)18(12-25)22(27)28-2/h3-7,17-18,20,25-26H,8-13H2,1-2H3. The second-order valence-electron chi connectivity index (χ2n) is 7.70. The summed E-state index contributed by atoms with van der Waals surface area (Å²) in [5, 5.41) is 21.2. The normalized spacial score (nSPS) is 24.8. The van der Waals surface area contributed by atoms with Crippen LogP contribution in [0.4, 0.5) is 0 Å². The number of aliphatic hydroxyl groups excluding tert-OH is 2. The summed E-state index contributed by atoms with van der Waals surface area (Å²) in [7, 11) is 1.37. The Morgan fingerprint density at radius 2 is 2.14 bits per heavy atom. The van der Waals surface area contributed by atoms with Crippen molar-refractivity contribution in [1.82, 2.24) is 9.47 Å². The summed E-state index contributed by atoms with van der Waals surface area (Å²) in [4.78, 5) is 14.7. The Balaban J connectivity index is 1.80. The molecule has 2 aliphatic heterocycles. The number of hydrogen-bond donors (Lipinski definition) is 2. The average Bonchev–Trinajstić information content (AvgIpc) is 3.07. The van der Waals surface area contributed by atoms with Crippen LogP contribution in [0.2, 0.25) is 0 Å². The van der Waals surface area contributed by atoms with Gasteiger partial charge in [-0.25, -0.2) is 0 Å². The molecule has 0 spiro atoms. The molecule has 0 saturated carbocycles. The minimum Gasteiger partial charge on any atom is -0.469 e. The van der Waals surface area contributed by atoms with E-state index in [1.807, 2.05) is 23.6 Å². The highest BCUT2D eigenvalue weighted by Gasteiger charge is 2.43. The summed E-state index contributed by atoms with van der Waals surface area (Å²) in [6, 6.07) is 8.32. The molecular weight excluding hydrogens is 356 g/mol. The molecule has 1 fully saturated rings. The Bertz CT molecular complexity index is 884. The second kappa shape index (κ2) is 7.70. The lowest BCUT2D eigenvalue weighted by Gasteiger charge is -2.45. The van der Waals surface area contributed by atoms with Crippen LogP contribution in [0.3, 0.4) is 0 Å². The van der Waals surface area contributed by atoms with Crippen molar-refractivity contribution in [1.29, 1.82) is 0 Å². The number of hydrogen-bond acceptors (Lipinski definition) is 5. The number of methoxy groups -OCH3 is 1. The first-order valence-electron chi connectivity index (χ1n) is 9.93. The number of rotatable bonds is 4. The summed E-state index contributed by atoms with van der Waals surface area (Å²) in [6.07, 6.45) is 3.74. The summed E-state index contributed by atoms with van der Waals surface area (Å²) >= 11 is 0. The van der Waals surface area contributed by atoms with E-state index >= 15 is 0 Å². The van der Waals surface area contributed by atoms with Crippen LogP contribution in [0.25, 0.3) is 10.9 Å². The molecule has 0 aliphatic carbocycles. The van der Waals surface area contributed by atoms with Gasteiger partial charge in [0.05, 0.1) is 31.2 Å². The predicted octanol–water partition coefficient (Wildman–Crippen LogP) is 2.24. The lowest BCUT2D eigenvalue weighted by Crippen LogP contribution is -2.46. The number of ether oxygens (including phenoxy) is 1. The Kier molecular flexibility index (Phi) is 5.27. The third kappa shape index (κ3) is 2.87. The first-order chi connectivity index (χ1) is 13.6. The van der Waals surface area contributed by atoms with Gasteiger partial charge < -0.3 is 19.5 Å². The third-order valence-corrected chi connectivity index (χ3v) is 6.56. The fourth-order valence-corrected chi connectivity index (χ4v) is 5.21. The molecule has 6 nitrogen and oxygen atoms in total. The Hall–Kier alpha value is -2.15. The van der Waals surface area contributed by atoms with Crippen LogP contribution in [0.1, 0.15) is 30.6 Å². The first-order valence-corrected chi connectivity index (χ1v) is 9.93. The number of fused-ring (bicyclic) bond motifs is 5. The molecule has 1 aromatic heterocycles.